The minimum atomic E-state index is -3.19. The first-order valence-electron chi connectivity index (χ1n) is 9.40. The number of aliphatic carboxylic acids is 1. The molecule has 0 aromatic heterocycles. The minimum Gasteiger partial charge on any atom is -0.491 e. The van der Waals surface area contributed by atoms with E-state index in [9.17, 15) is 18.3 Å². The van der Waals surface area contributed by atoms with Crippen molar-refractivity contribution in [1.29, 1.82) is 0 Å². The van der Waals surface area contributed by atoms with Gasteiger partial charge in [0.25, 0.3) is 0 Å². The first-order chi connectivity index (χ1) is 12.7. The highest BCUT2D eigenvalue weighted by Crippen LogP contribution is 2.23. The van der Waals surface area contributed by atoms with Crippen molar-refractivity contribution in [2.24, 2.45) is 0 Å². The molecular weight excluding hydrogens is 368 g/mol. The van der Waals surface area contributed by atoms with E-state index in [4.69, 9.17) is 4.74 Å². The average Bonchev–Trinajstić information content (AvgIpc) is 2.60. The van der Waals surface area contributed by atoms with Crippen molar-refractivity contribution in [3.8, 4) is 5.75 Å². The molecule has 27 heavy (non-hydrogen) atoms. The molecule has 0 aliphatic carbocycles. The summed E-state index contributed by atoms with van der Waals surface area (Å²) in [5, 5.41) is 9.31. The van der Waals surface area contributed by atoms with Gasteiger partial charge in [-0.05, 0) is 51.3 Å². The lowest BCUT2D eigenvalue weighted by Gasteiger charge is -2.37. The highest BCUT2D eigenvalue weighted by molar-refractivity contribution is 7.89. The fourth-order valence-electron chi connectivity index (χ4n) is 3.38. The number of carboxylic acids is 1. The molecule has 0 unspecified atom stereocenters. The Morgan fingerprint density at radius 2 is 2.00 bits per heavy atom. The largest absolute Gasteiger partial charge is 0.491 e. The van der Waals surface area contributed by atoms with Crippen molar-refractivity contribution in [2.75, 3.05) is 25.4 Å². The van der Waals surface area contributed by atoms with Crippen LogP contribution in [0.2, 0.25) is 0 Å². The average molecular weight is 399 g/mol. The van der Waals surface area contributed by atoms with Crippen molar-refractivity contribution >= 4 is 16.0 Å². The molecule has 0 saturated carbocycles. The Morgan fingerprint density at radius 3 is 2.56 bits per heavy atom. The molecule has 2 rings (SSSR count). The fourth-order valence-corrected chi connectivity index (χ4v) is 4.51. The molecule has 0 bridgehead atoms. The van der Waals surface area contributed by atoms with Crippen LogP contribution < -0.4 is 4.74 Å². The third-order valence-electron chi connectivity index (χ3n) is 4.69. The molecule has 1 N–H and O–H groups in total. The van der Waals surface area contributed by atoms with Gasteiger partial charge in [-0.25, -0.2) is 12.7 Å². The topological polar surface area (TPSA) is 87.2 Å². The Labute approximate surface area is 162 Å². The molecule has 1 saturated heterocycles. The number of carbonyl (C=O) groups is 1. The molecule has 1 aromatic rings. The Bertz CT molecular complexity index is 727. The van der Waals surface area contributed by atoms with Gasteiger partial charge in [0.15, 0.2) is 0 Å². The normalized spacial score (nSPS) is 16.8. The van der Waals surface area contributed by atoms with Crippen LogP contribution in [0.5, 0.6) is 5.75 Å². The smallest absolute Gasteiger partial charge is 0.317 e. The van der Waals surface area contributed by atoms with E-state index < -0.39 is 16.0 Å². The van der Waals surface area contributed by atoms with Gasteiger partial charge < -0.3 is 9.84 Å². The summed E-state index contributed by atoms with van der Waals surface area (Å²) in [6.45, 7) is 6.86. The Balaban J connectivity index is 2.07. The molecule has 1 heterocycles. The number of hydrogen-bond donors (Lipinski definition) is 1. The molecule has 1 fully saturated rings. The molecule has 7 nitrogen and oxygen atoms in total. The van der Waals surface area contributed by atoms with E-state index in [-0.39, 0.29) is 24.4 Å². The maximum Gasteiger partial charge on any atom is 0.317 e. The number of ether oxygens (including phenoxy) is 1. The van der Waals surface area contributed by atoms with Gasteiger partial charge in [0.05, 0.1) is 18.4 Å². The van der Waals surface area contributed by atoms with E-state index in [1.807, 2.05) is 43.0 Å². The number of nitrogens with zero attached hydrogens (tertiary/aromatic N) is 2. The number of sulfonamides is 1. The van der Waals surface area contributed by atoms with Crippen LogP contribution in [0.25, 0.3) is 0 Å². The van der Waals surface area contributed by atoms with E-state index >= 15 is 0 Å². The first-order valence-corrected chi connectivity index (χ1v) is 11.0. The zero-order valence-electron chi connectivity index (χ0n) is 16.3. The van der Waals surface area contributed by atoms with Crippen LogP contribution >= 0.6 is 0 Å². The molecular formula is C19H30N2O5S. The second-order valence-electron chi connectivity index (χ2n) is 7.14. The van der Waals surface area contributed by atoms with Gasteiger partial charge in [0.1, 0.15) is 5.75 Å². The summed E-state index contributed by atoms with van der Waals surface area (Å²) in [6.07, 6.45) is 1.34. The highest BCUT2D eigenvalue weighted by atomic mass is 32.2. The van der Waals surface area contributed by atoms with Crippen molar-refractivity contribution in [3.05, 3.63) is 29.8 Å². The Hall–Kier alpha value is -1.64. The Kier molecular flexibility index (Phi) is 7.64. The van der Waals surface area contributed by atoms with E-state index in [0.29, 0.717) is 32.5 Å². The lowest BCUT2D eigenvalue weighted by atomic mass is 10.0. The SMILES string of the molecule is CCS(=O)(=O)N1CCC(N(CC(=O)O)Cc2cccc(OC(C)C)c2)CC1. The van der Waals surface area contributed by atoms with Crippen molar-refractivity contribution in [3.63, 3.8) is 0 Å². The molecule has 152 valence electrons. The van der Waals surface area contributed by atoms with E-state index in [2.05, 4.69) is 0 Å². The standard InChI is InChI=1S/C19H30N2O5S/c1-4-27(24,25)21-10-8-17(9-11-21)20(14-19(22)23)13-16-6-5-7-18(12-16)26-15(2)3/h5-7,12,15,17H,4,8-11,13-14H2,1-3H3,(H,22,23). The molecule has 0 atom stereocenters. The minimum absolute atomic E-state index is 0.0408. The second kappa shape index (κ2) is 9.52. The van der Waals surface area contributed by atoms with Crippen LogP contribution in [0, 0.1) is 0 Å². The molecule has 0 spiro atoms. The van der Waals surface area contributed by atoms with Gasteiger partial charge in [0, 0.05) is 25.7 Å². The zero-order valence-corrected chi connectivity index (χ0v) is 17.1. The van der Waals surface area contributed by atoms with Gasteiger partial charge in [0.2, 0.25) is 10.0 Å². The number of hydrogen-bond acceptors (Lipinski definition) is 5. The predicted molar refractivity (Wildman–Crippen MR) is 104 cm³/mol. The van der Waals surface area contributed by atoms with Gasteiger partial charge >= 0.3 is 5.97 Å². The van der Waals surface area contributed by atoms with E-state index in [0.717, 1.165) is 11.3 Å². The summed E-state index contributed by atoms with van der Waals surface area (Å²) >= 11 is 0. The summed E-state index contributed by atoms with van der Waals surface area (Å²) in [4.78, 5) is 13.3. The maximum absolute atomic E-state index is 12.0. The first kappa shape index (κ1) is 21.7. The molecule has 8 heteroatoms. The maximum atomic E-state index is 12.0. The van der Waals surface area contributed by atoms with Crippen LogP contribution in [0.15, 0.2) is 24.3 Å². The number of carboxylic acid groups (broad SMARTS) is 1. The quantitative estimate of drug-likeness (QED) is 0.686. The van der Waals surface area contributed by atoms with Crippen molar-refractivity contribution < 1.29 is 23.1 Å². The van der Waals surface area contributed by atoms with Crippen LogP contribution in [0.1, 0.15) is 39.2 Å². The number of benzene rings is 1. The lowest BCUT2D eigenvalue weighted by Crippen LogP contribution is -2.48. The summed E-state index contributed by atoms with van der Waals surface area (Å²) in [7, 11) is -3.19. The van der Waals surface area contributed by atoms with Crippen LogP contribution in [0.4, 0.5) is 0 Å². The highest BCUT2D eigenvalue weighted by Gasteiger charge is 2.30. The summed E-state index contributed by atoms with van der Waals surface area (Å²) in [5.41, 5.74) is 0.984. The Morgan fingerprint density at radius 1 is 1.33 bits per heavy atom. The van der Waals surface area contributed by atoms with Crippen molar-refractivity contribution in [2.45, 2.75) is 52.3 Å². The predicted octanol–water partition coefficient (Wildman–Crippen LogP) is 2.17. The van der Waals surface area contributed by atoms with Gasteiger partial charge in [-0.15, -0.1) is 0 Å². The summed E-state index contributed by atoms with van der Waals surface area (Å²) in [6, 6.07) is 7.73. The van der Waals surface area contributed by atoms with Gasteiger partial charge in [-0.2, -0.15) is 0 Å². The number of piperidine rings is 1. The fraction of sp³-hybridized carbons (Fsp3) is 0.632. The monoisotopic (exact) mass is 398 g/mol. The molecule has 1 aliphatic rings. The summed E-state index contributed by atoms with van der Waals surface area (Å²) < 4.78 is 31.3. The third kappa shape index (κ3) is 6.48. The third-order valence-corrected chi connectivity index (χ3v) is 6.57. The number of rotatable bonds is 9. The summed E-state index contributed by atoms with van der Waals surface area (Å²) in [5.74, 6) is -0.0195. The molecule has 0 amide bonds. The van der Waals surface area contributed by atoms with Crippen LogP contribution in [-0.4, -0.2) is 66.2 Å². The molecule has 1 aliphatic heterocycles. The zero-order chi connectivity index (χ0) is 20.0. The van der Waals surface area contributed by atoms with Crippen molar-refractivity contribution in [1.82, 2.24) is 9.21 Å². The molecule has 1 aromatic carbocycles. The van der Waals surface area contributed by atoms with Gasteiger partial charge in [-0.3, -0.25) is 9.69 Å². The second-order valence-corrected chi connectivity index (χ2v) is 9.40. The van der Waals surface area contributed by atoms with E-state index in [1.54, 1.807) is 6.92 Å². The van der Waals surface area contributed by atoms with E-state index in [1.165, 1.54) is 4.31 Å². The van der Waals surface area contributed by atoms with Crippen LogP contribution in [0.3, 0.4) is 0 Å². The molecule has 0 radical (unpaired) electrons. The van der Waals surface area contributed by atoms with Crippen LogP contribution in [-0.2, 0) is 21.4 Å². The lowest BCUT2D eigenvalue weighted by molar-refractivity contribution is -0.139. The van der Waals surface area contributed by atoms with Gasteiger partial charge in [-0.1, -0.05) is 12.1 Å².